The largest absolute Gasteiger partial charge is 0.423 e. The highest BCUT2D eigenvalue weighted by molar-refractivity contribution is 7.16. The molecule has 0 unspecified atom stereocenters. The Bertz CT molecular complexity index is 1400. The fourth-order valence-corrected chi connectivity index (χ4v) is 6.10. The number of carbonyl (C=O) groups excluding carboxylic acids is 2. The quantitative estimate of drug-likeness (QED) is 0.287. The number of benzene rings is 3. The summed E-state index contributed by atoms with van der Waals surface area (Å²) in [6.45, 7) is 2.69. The summed E-state index contributed by atoms with van der Waals surface area (Å²) in [5.74, 6) is 0.0189. The van der Waals surface area contributed by atoms with Crippen molar-refractivity contribution in [1.29, 1.82) is 0 Å². The third kappa shape index (κ3) is 4.51. The highest BCUT2D eigenvalue weighted by Crippen LogP contribution is 2.41. The van der Waals surface area contributed by atoms with Crippen LogP contribution in [0.1, 0.15) is 48.4 Å². The average Bonchev–Trinajstić information content (AvgIpc) is 3.28. The van der Waals surface area contributed by atoms with E-state index in [1.165, 1.54) is 16.0 Å². The Morgan fingerprint density at radius 2 is 1.67 bits per heavy atom. The maximum atomic E-state index is 13.1. The fourth-order valence-electron chi connectivity index (χ4n) is 4.78. The predicted molar refractivity (Wildman–Crippen MR) is 140 cm³/mol. The van der Waals surface area contributed by atoms with Crippen LogP contribution in [0.15, 0.2) is 84.9 Å². The van der Waals surface area contributed by atoms with Gasteiger partial charge in [0.25, 0.3) is 5.91 Å². The summed E-state index contributed by atoms with van der Waals surface area (Å²) in [6, 6.07) is 26.6. The molecule has 0 spiro atoms. The Balaban J connectivity index is 1.15. The van der Waals surface area contributed by atoms with E-state index in [0.717, 1.165) is 42.2 Å². The molecule has 7 heteroatoms. The van der Waals surface area contributed by atoms with Gasteiger partial charge in [-0.3, -0.25) is 9.69 Å². The Kier molecular flexibility index (Phi) is 6.01. The summed E-state index contributed by atoms with van der Waals surface area (Å²) < 4.78 is 5.48. The van der Waals surface area contributed by atoms with Crippen LogP contribution in [-0.2, 0) is 19.5 Å². The summed E-state index contributed by atoms with van der Waals surface area (Å²) >= 11 is 1.68. The molecular formula is C29H25N3O3S. The standard InChI is InChI=1S/C29H25N3O3S/c33-27-25-23-15-16-32(17-19-7-3-1-4-8-19)18-24(23)36-28(25)31-26(30-27)20-11-13-22(14-12-20)35-29(34)21-9-5-2-6-10-21/h1-14,26,31H,15-18H2,(H,30,33)/t26-/m1/s1. The number of hydrogen-bond acceptors (Lipinski definition) is 6. The Morgan fingerprint density at radius 3 is 2.42 bits per heavy atom. The Morgan fingerprint density at radius 1 is 0.944 bits per heavy atom. The van der Waals surface area contributed by atoms with Crippen molar-refractivity contribution in [2.75, 3.05) is 11.9 Å². The van der Waals surface area contributed by atoms with E-state index < -0.39 is 5.97 Å². The van der Waals surface area contributed by atoms with Crippen LogP contribution in [0.2, 0.25) is 0 Å². The molecule has 3 aromatic carbocycles. The van der Waals surface area contributed by atoms with Gasteiger partial charge in [-0.05, 0) is 47.4 Å². The van der Waals surface area contributed by atoms with E-state index in [0.29, 0.717) is 11.3 Å². The molecule has 6 nitrogen and oxygen atoms in total. The van der Waals surface area contributed by atoms with Crippen molar-refractivity contribution in [2.24, 2.45) is 0 Å². The van der Waals surface area contributed by atoms with E-state index in [2.05, 4.69) is 39.8 Å². The van der Waals surface area contributed by atoms with E-state index in [9.17, 15) is 9.59 Å². The number of rotatable bonds is 5. The summed E-state index contributed by atoms with van der Waals surface area (Å²) in [5, 5.41) is 7.54. The van der Waals surface area contributed by atoms with Gasteiger partial charge < -0.3 is 15.4 Å². The molecule has 3 heterocycles. The number of ether oxygens (including phenoxy) is 1. The normalized spacial score (nSPS) is 16.9. The zero-order valence-corrected chi connectivity index (χ0v) is 20.4. The van der Waals surface area contributed by atoms with Crippen LogP contribution < -0.4 is 15.4 Å². The number of amides is 1. The van der Waals surface area contributed by atoms with Crippen LogP contribution in [0.25, 0.3) is 0 Å². The smallest absolute Gasteiger partial charge is 0.343 e. The summed E-state index contributed by atoms with van der Waals surface area (Å²) in [6.07, 6.45) is 0.527. The van der Waals surface area contributed by atoms with E-state index >= 15 is 0 Å². The molecule has 2 N–H and O–H groups in total. The van der Waals surface area contributed by atoms with Crippen LogP contribution in [0, 0.1) is 0 Å². The number of nitrogens with zero attached hydrogens (tertiary/aromatic N) is 1. The van der Waals surface area contributed by atoms with Gasteiger partial charge in [0, 0.05) is 24.5 Å². The molecule has 36 heavy (non-hydrogen) atoms. The molecule has 1 atom stereocenters. The van der Waals surface area contributed by atoms with Crippen LogP contribution >= 0.6 is 11.3 Å². The summed E-state index contributed by atoms with van der Waals surface area (Å²) in [4.78, 5) is 29.1. The molecule has 0 radical (unpaired) electrons. The molecule has 0 saturated heterocycles. The SMILES string of the molecule is O=C(Oc1ccc([C@@H]2NC(=O)c3c(sc4c3CCN(Cc3ccccc3)C4)N2)cc1)c1ccccc1. The number of carbonyl (C=O) groups is 2. The van der Waals surface area contributed by atoms with Crippen LogP contribution in [0.3, 0.4) is 0 Å². The van der Waals surface area contributed by atoms with Crippen molar-refractivity contribution < 1.29 is 14.3 Å². The lowest BCUT2D eigenvalue weighted by Gasteiger charge is -2.28. The van der Waals surface area contributed by atoms with E-state index in [4.69, 9.17) is 4.74 Å². The Hall–Kier alpha value is -3.94. The van der Waals surface area contributed by atoms with Crippen LogP contribution in [0.4, 0.5) is 5.00 Å². The second-order valence-corrected chi connectivity index (χ2v) is 10.1. The highest BCUT2D eigenvalue weighted by Gasteiger charge is 2.33. The number of thiophene rings is 1. The second-order valence-electron chi connectivity index (χ2n) is 9.03. The van der Waals surface area contributed by atoms with Gasteiger partial charge in [0.05, 0.1) is 11.1 Å². The van der Waals surface area contributed by atoms with Crippen molar-refractivity contribution in [3.8, 4) is 5.75 Å². The minimum absolute atomic E-state index is 0.0395. The molecular weight excluding hydrogens is 470 g/mol. The predicted octanol–water partition coefficient (Wildman–Crippen LogP) is 5.38. The number of anilines is 1. The zero-order valence-electron chi connectivity index (χ0n) is 19.6. The van der Waals surface area contributed by atoms with Gasteiger partial charge in [-0.2, -0.15) is 0 Å². The van der Waals surface area contributed by atoms with E-state index in [1.54, 1.807) is 47.7 Å². The molecule has 4 aromatic rings. The van der Waals surface area contributed by atoms with Gasteiger partial charge in [-0.15, -0.1) is 11.3 Å². The monoisotopic (exact) mass is 495 g/mol. The van der Waals surface area contributed by atoms with Crippen molar-refractivity contribution in [2.45, 2.75) is 25.7 Å². The lowest BCUT2D eigenvalue weighted by molar-refractivity contribution is 0.0734. The van der Waals surface area contributed by atoms with Gasteiger partial charge in [0.1, 0.15) is 16.9 Å². The minimum Gasteiger partial charge on any atom is -0.423 e. The fraction of sp³-hybridized carbons (Fsp3) is 0.172. The topological polar surface area (TPSA) is 70.7 Å². The lowest BCUT2D eigenvalue weighted by Crippen LogP contribution is -2.38. The molecule has 0 saturated carbocycles. The van der Waals surface area contributed by atoms with Crippen LogP contribution in [0.5, 0.6) is 5.75 Å². The van der Waals surface area contributed by atoms with Crippen molar-refractivity contribution in [3.05, 3.63) is 118 Å². The van der Waals surface area contributed by atoms with Gasteiger partial charge in [0.15, 0.2) is 0 Å². The molecule has 0 bridgehead atoms. The molecule has 2 aliphatic heterocycles. The first-order valence-electron chi connectivity index (χ1n) is 12.0. The summed E-state index contributed by atoms with van der Waals surface area (Å²) in [5.41, 5.74) is 4.66. The van der Waals surface area contributed by atoms with Gasteiger partial charge in [-0.1, -0.05) is 60.7 Å². The Labute approximate surface area is 213 Å². The zero-order chi connectivity index (χ0) is 24.5. The minimum atomic E-state index is -0.400. The molecule has 0 aliphatic carbocycles. The van der Waals surface area contributed by atoms with E-state index in [1.807, 2.05) is 24.3 Å². The molecule has 180 valence electrons. The molecule has 1 aromatic heterocycles. The molecule has 2 aliphatic rings. The van der Waals surface area contributed by atoms with Crippen molar-refractivity contribution in [3.63, 3.8) is 0 Å². The first-order valence-corrected chi connectivity index (χ1v) is 12.8. The first kappa shape index (κ1) is 22.5. The summed E-state index contributed by atoms with van der Waals surface area (Å²) in [7, 11) is 0. The maximum absolute atomic E-state index is 13.1. The molecule has 0 fully saturated rings. The third-order valence-electron chi connectivity index (χ3n) is 6.60. The van der Waals surface area contributed by atoms with Gasteiger partial charge in [0.2, 0.25) is 0 Å². The number of nitrogens with one attached hydrogen (secondary N) is 2. The van der Waals surface area contributed by atoms with Gasteiger partial charge >= 0.3 is 5.97 Å². The molecule has 1 amide bonds. The van der Waals surface area contributed by atoms with Gasteiger partial charge in [-0.25, -0.2) is 4.79 Å². The first-order chi connectivity index (χ1) is 17.6. The van der Waals surface area contributed by atoms with E-state index in [-0.39, 0.29) is 12.1 Å². The highest BCUT2D eigenvalue weighted by atomic mass is 32.1. The van der Waals surface area contributed by atoms with Crippen molar-refractivity contribution in [1.82, 2.24) is 10.2 Å². The third-order valence-corrected chi connectivity index (χ3v) is 7.74. The van der Waals surface area contributed by atoms with Crippen molar-refractivity contribution >= 4 is 28.2 Å². The average molecular weight is 496 g/mol. The number of hydrogen-bond donors (Lipinski definition) is 2. The maximum Gasteiger partial charge on any atom is 0.343 e. The number of fused-ring (bicyclic) bond motifs is 3. The number of esters is 1. The lowest BCUT2D eigenvalue weighted by atomic mass is 10.00. The van der Waals surface area contributed by atoms with Crippen LogP contribution in [-0.4, -0.2) is 23.3 Å². The second kappa shape index (κ2) is 9.60. The molecule has 6 rings (SSSR count).